The molecule has 3 aromatic rings. The summed E-state index contributed by atoms with van der Waals surface area (Å²) in [5.74, 6) is -0.372. The number of nitrogens with one attached hydrogen (secondary N) is 2. The molecule has 0 radical (unpaired) electrons. The van der Waals surface area contributed by atoms with Crippen molar-refractivity contribution in [2.75, 3.05) is 18.4 Å². The summed E-state index contributed by atoms with van der Waals surface area (Å²) in [6, 6.07) is 12.7. The zero-order chi connectivity index (χ0) is 24.9. The average Bonchev–Trinajstić information content (AvgIpc) is 2.87. The lowest BCUT2D eigenvalue weighted by Crippen LogP contribution is -2.35. The van der Waals surface area contributed by atoms with E-state index in [4.69, 9.17) is 28.6 Å². The normalized spacial score (nSPS) is 13.4. The van der Waals surface area contributed by atoms with Crippen LogP contribution in [-0.2, 0) is 6.42 Å². The summed E-state index contributed by atoms with van der Waals surface area (Å²) >= 11 is 11.9. The quantitative estimate of drug-likeness (QED) is 0.228. The van der Waals surface area contributed by atoms with Crippen molar-refractivity contribution in [2.24, 2.45) is 0 Å². The number of halogens is 2. The van der Waals surface area contributed by atoms with Crippen LogP contribution in [0.2, 0.25) is 10.0 Å². The molecule has 2 aromatic carbocycles. The molecule has 0 aliphatic carbocycles. The van der Waals surface area contributed by atoms with Gasteiger partial charge in [-0.05, 0) is 43.5 Å². The van der Waals surface area contributed by atoms with Crippen LogP contribution in [0.15, 0.2) is 54.7 Å². The Kier molecular flexibility index (Phi) is 7.68. The van der Waals surface area contributed by atoms with Gasteiger partial charge in [0.2, 0.25) is 0 Å². The molecular weight excluding hydrogens is 487 g/mol. The number of benzene rings is 2. The second kappa shape index (κ2) is 10.9. The Bertz CT molecular complexity index is 1250. The van der Waals surface area contributed by atoms with E-state index in [0.717, 1.165) is 31.5 Å². The van der Waals surface area contributed by atoms with Crippen molar-refractivity contribution in [3.8, 4) is 5.75 Å². The summed E-state index contributed by atoms with van der Waals surface area (Å²) in [4.78, 5) is 32.0. The fraction of sp³-hybridized carbons (Fsp3) is 0.231. The molecule has 2 heterocycles. The van der Waals surface area contributed by atoms with Gasteiger partial charge in [-0.3, -0.25) is 15.0 Å². The molecule has 0 spiro atoms. The monoisotopic (exact) mass is 510 g/mol. The number of pyridine rings is 1. The van der Waals surface area contributed by atoms with Crippen LogP contribution in [0.3, 0.4) is 0 Å². The maximum absolute atomic E-state index is 13.0. The van der Waals surface area contributed by atoms with E-state index in [0.29, 0.717) is 16.4 Å². The number of hydrogen-bond donors (Lipinski definition) is 3. The molecule has 35 heavy (non-hydrogen) atoms. The van der Waals surface area contributed by atoms with Crippen molar-refractivity contribution in [3.05, 3.63) is 87.0 Å². The highest BCUT2D eigenvalue weighted by atomic mass is 35.5. The van der Waals surface area contributed by atoms with E-state index in [-0.39, 0.29) is 39.9 Å². The van der Waals surface area contributed by atoms with Gasteiger partial charge in [-0.1, -0.05) is 47.5 Å². The smallest absolute Gasteiger partial charge is 0.257 e. The maximum Gasteiger partial charge on any atom is 0.257 e. The third-order valence-corrected chi connectivity index (χ3v) is 6.34. The van der Waals surface area contributed by atoms with Crippen molar-refractivity contribution in [1.29, 1.82) is 5.41 Å². The number of anilines is 1. The zero-order valence-corrected chi connectivity index (χ0v) is 20.4. The van der Waals surface area contributed by atoms with Crippen LogP contribution in [0.25, 0.3) is 0 Å². The van der Waals surface area contributed by atoms with Gasteiger partial charge in [0.25, 0.3) is 5.91 Å². The number of amidine groups is 1. The van der Waals surface area contributed by atoms with E-state index in [1.165, 1.54) is 24.8 Å². The molecule has 3 N–H and O–H groups in total. The van der Waals surface area contributed by atoms with Crippen molar-refractivity contribution in [2.45, 2.75) is 25.7 Å². The number of ketones is 1. The van der Waals surface area contributed by atoms with E-state index >= 15 is 0 Å². The van der Waals surface area contributed by atoms with E-state index in [1.807, 2.05) is 4.90 Å². The molecule has 0 bridgehead atoms. The number of aromatic nitrogens is 1. The van der Waals surface area contributed by atoms with Gasteiger partial charge in [0.1, 0.15) is 17.4 Å². The second-order valence-electron chi connectivity index (χ2n) is 8.34. The molecule has 4 rings (SSSR count). The fourth-order valence-corrected chi connectivity index (χ4v) is 4.35. The van der Waals surface area contributed by atoms with Gasteiger partial charge >= 0.3 is 0 Å². The number of hydrogen-bond acceptors (Lipinski definition) is 5. The maximum atomic E-state index is 13.0. The third kappa shape index (κ3) is 5.99. The van der Waals surface area contributed by atoms with Crippen molar-refractivity contribution >= 4 is 46.5 Å². The Labute approximate surface area is 213 Å². The van der Waals surface area contributed by atoms with Gasteiger partial charge < -0.3 is 15.3 Å². The van der Waals surface area contributed by atoms with Crippen LogP contribution < -0.4 is 5.32 Å². The van der Waals surface area contributed by atoms with Crippen LogP contribution >= 0.6 is 23.2 Å². The molecular formula is C26H24Cl2N4O3. The van der Waals surface area contributed by atoms with Crippen LogP contribution in [0.1, 0.15) is 51.1 Å². The first-order valence-corrected chi connectivity index (χ1v) is 12.0. The summed E-state index contributed by atoms with van der Waals surface area (Å²) in [5.41, 5.74) is 1.40. The van der Waals surface area contributed by atoms with E-state index < -0.39 is 5.91 Å². The largest absolute Gasteiger partial charge is 0.508 e. The van der Waals surface area contributed by atoms with Gasteiger partial charge in [0, 0.05) is 53.0 Å². The molecule has 9 heteroatoms. The van der Waals surface area contributed by atoms with Crippen molar-refractivity contribution in [1.82, 2.24) is 9.88 Å². The number of amides is 1. The number of Topliss-reactive ketones (excluding diaryl/α,β-unsaturated/α-hetero) is 1. The highest BCUT2D eigenvalue weighted by molar-refractivity contribution is 6.31. The van der Waals surface area contributed by atoms with Gasteiger partial charge in [-0.25, -0.2) is 4.98 Å². The Balaban J connectivity index is 1.52. The lowest BCUT2D eigenvalue weighted by molar-refractivity contribution is 0.0991. The Morgan fingerprint density at radius 3 is 2.31 bits per heavy atom. The Morgan fingerprint density at radius 1 is 0.971 bits per heavy atom. The minimum absolute atomic E-state index is 0.0728. The zero-order valence-electron chi connectivity index (χ0n) is 18.9. The number of phenolic OH excluding ortho intramolecular Hbond substituents is 1. The summed E-state index contributed by atoms with van der Waals surface area (Å²) in [7, 11) is 0. The molecule has 1 fully saturated rings. The number of likely N-dealkylation sites (tertiary alicyclic amines) is 1. The molecule has 180 valence electrons. The number of phenols is 1. The predicted octanol–water partition coefficient (Wildman–Crippen LogP) is 5.58. The standard InChI is InChI=1S/C26H24Cl2N4O3/c27-18-8-9-24(30-15-18)31-26(35)21-12-19(28)13-23(34)20(21)14-22(33)16-4-6-17(7-5-16)25(29)32-10-2-1-3-11-32/h4-9,12-13,15,29,34H,1-3,10-11,14H2,(H,30,31,35). The first kappa shape index (κ1) is 24.7. The first-order valence-electron chi connectivity index (χ1n) is 11.2. The first-order chi connectivity index (χ1) is 16.8. The molecule has 1 aromatic heterocycles. The summed E-state index contributed by atoms with van der Waals surface area (Å²) < 4.78 is 0. The van der Waals surface area contributed by atoms with Gasteiger partial charge in [-0.15, -0.1) is 0 Å². The van der Waals surface area contributed by atoms with Gasteiger partial charge in [0.05, 0.1) is 5.02 Å². The SMILES string of the molecule is N=C(c1ccc(C(=O)Cc2c(O)cc(Cl)cc2C(=O)Nc2ccc(Cl)cn2)cc1)N1CCCCC1. The van der Waals surface area contributed by atoms with Crippen LogP contribution in [-0.4, -0.2) is 45.6 Å². The Hall–Kier alpha value is -3.42. The number of piperidine rings is 1. The Morgan fingerprint density at radius 2 is 1.66 bits per heavy atom. The third-order valence-electron chi connectivity index (χ3n) is 5.89. The molecule has 1 amide bonds. The molecule has 0 atom stereocenters. The minimum atomic E-state index is -0.564. The molecule has 1 saturated heterocycles. The number of rotatable bonds is 6. The van der Waals surface area contributed by atoms with E-state index in [2.05, 4.69) is 10.3 Å². The van der Waals surface area contributed by atoms with Crippen LogP contribution in [0, 0.1) is 5.41 Å². The highest BCUT2D eigenvalue weighted by Crippen LogP contribution is 2.29. The summed E-state index contributed by atoms with van der Waals surface area (Å²) in [6.07, 6.45) is 4.53. The topological polar surface area (TPSA) is 106 Å². The number of carbonyl (C=O) groups is 2. The molecule has 0 saturated carbocycles. The molecule has 1 aliphatic heterocycles. The van der Waals surface area contributed by atoms with E-state index in [1.54, 1.807) is 36.4 Å². The van der Waals surface area contributed by atoms with Crippen molar-refractivity contribution < 1.29 is 14.7 Å². The molecule has 1 aliphatic rings. The van der Waals surface area contributed by atoms with Crippen LogP contribution in [0.5, 0.6) is 5.75 Å². The van der Waals surface area contributed by atoms with E-state index in [9.17, 15) is 14.7 Å². The lowest BCUT2D eigenvalue weighted by atomic mass is 9.96. The fourth-order valence-electron chi connectivity index (χ4n) is 4.02. The summed E-state index contributed by atoms with van der Waals surface area (Å²) in [5, 5.41) is 22.2. The molecule has 0 unspecified atom stereocenters. The second-order valence-corrected chi connectivity index (χ2v) is 9.21. The highest BCUT2D eigenvalue weighted by Gasteiger charge is 2.21. The number of aromatic hydroxyl groups is 1. The number of nitrogens with zero attached hydrogens (tertiary/aromatic N) is 2. The predicted molar refractivity (Wildman–Crippen MR) is 137 cm³/mol. The lowest BCUT2D eigenvalue weighted by Gasteiger charge is -2.29. The molecule has 7 nitrogen and oxygen atoms in total. The summed E-state index contributed by atoms with van der Waals surface area (Å²) in [6.45, 7) is 1.73. The van der Waals surface area contributed by atoms with Crippen molar-refractivity contribution in [3.63, 3.8) is 0 Å². The minimum Gasteiger partial charge on any atom is -0.508 e. The van der Waals surface area contributed by atoms with Gasteiger partial charge in [-0.2, -0.15) is 0 Å². The van der Waals surface area contributed by atoms with Crippen LogP contribution in [0.4, 0.5) is 5.82 Å². The van der Waals surface area contributed by atoms with Gasteiger partial charge in [0.15, 0.2) is 5.78 Å². The number of carbonyl (C=O) groups excluding carboxylic acids is 2. The average molecular weight is 511 g/mol.